The van der Waals surface area contributed by atoms with E-state index in [1.165, 1.54) is 6.07 Å². The van der Waals surface area contributed by atoms with Crippen molar-refractivity contribution in [1.29, 1.82) is 0 Å². The standard InChI is InChI=1S/C11H11ClN2O2/c1-2-3-14-6-13-9-4-7(11(15)16)8(12)5-10(9)14/h4-6H,2-3H2,1H3,(H,15,16). The second kappa shape index (κ2) is 4.14. The van der Waals surface area contributed by atoms with E-state index in [1.807, 2.05) is 4.57 Å². The van der Waals surface area contributed by atoms with Crippen LogP contribution in [-0.2, 0) is 6.54 Å². The summed E-state index contributed by atoms with van der Waals surface area (Å²) in [6.45, 7) is 2.91. The fourth-order valence-electron chi connectivity index (χ4n) is 1.66. The van der Waals surface area contributed by atoms with Crippen LogP contribution < -0.4 is 0 Å². The summed E-state index contributed by atoms with van der Waals surface area (Å²) in [5.74, 6) is -1.03. The van der Waals surface area contributed by atoms with Crippen LogP contribution in [0.5, 0.6) is 0 Å². The number of fused-ring (bicyclic) bond motifs is 1. The van der Waals surface area contributed by atoms with Crippen LogP contribution in [0.3, 0.4) is 0 Å². The molecule has 4 nitrogen and oxygen atoms in total. The van der Waals surface area contributed by atoms with Crippen LogP contribution in [0.15, 0.2) is 18.5 Å². The van der Waals surface area contributed by atoms with Crippen molar-refractivity contribution in [1.82, 2.24) is 9.55 Å². The maximum atomic E-state index is 10.9. The number of hydrogen-bond donors (Lipinski definition) is 1. The van der Waals surface area contributed by atoms with E-state index in [-0.39, 0.29) is 10.6 Å². The van der Waals surface area contributed by atoms with E-state index < -0.39 is 5.97 Å². The summed E-state index contributed by atoms with van der Waals surface area (Å²) in [6, 6.07) is 3.16. The number of aromatic carboxylic acids is 1. The van der Waals surface area contributed by atoms with Gasteiger partial charge < -0.3 is 9.67 Å². The Balaban J connectivity index is 2.61. The number of benzene rings is 1. The number of aromatic nitrogens is 2. The van der Waals surface area contributed by atoms with Crippen LogP contribution in [0, 0.1) is 0 Å². The highest BCUT2D eigenvalue weighted by Crippen LogP contribution is 2.23. The zero-order valence-corrected chi connectivity index (χ0v) is 9.53. The van der Waals surface area contributed by atoms with Gasteiger partial charge in [0, 0.05) is 6.54 Å². The lowest BCUT2D eigenvalue weighted by molar-refractivity contribution is 0.0697. The van der Waals surface area contributed by atoms with Crippen LogP contribution in [0.4, 0.5) is 0 Å². The molecule has 0 atom stereocenters. The topological polar surface area (TPSA) is 55.1 Å². The number of nitrogens with zero attached hydrogens (tertiary/aromatic N) is 2. The van der Waals surface area contributed by atoms with Crippen LogP contribution in [0.1, 0.15) is 23.7 Å². The lowest BCUT2D eigenvalue weighted by Crippen LogP contribution is -1.98. The molecule has 1 aromatic carbocycles. The molecule has 1 heterocycles. The molecule has 1 aromatic heterocycles. The molecule has 5 heteroatoms. The predicted molar refractivity (Wildman–Crippen MR) is 62.0 cm³/mol. The third-order valence-corrected chi connectivity index (χ3v) is 2.72. The number of carboxylic acids is 1. The molecule has 16 heavy (non-hydrogen) atoms. The highest BCUT2D eigenvalue weighted by molar-refractivity contribution is 6.34. The molecule has 2 rings (SSSR count). The molecular formula is C11H11ClN2O2. The first-order chi connectivity index (χ1) is 7.63. The van der Waals surface area contributed by atoms with Gasteiger partial charge in [0.15, 0.2) is 0 Å². The number of carboxylic acid groups (broad SMARTS) is 1. The van der Waals surface area contributed by atoms with Crippen molar-refractivity contribution in [2.45, 2.75) is 19.9 Å². The minimum absolute atomic E-state index is 0.0934. The van der Waals surface area contributed by atoms with E-state index in [0.717, 1.165) is 18.5 Å². The highest BCUT2D eigenvalue weighted by atomic mass is 35.5. The minimum Gasteiger partial charge on any atom is -0.478 e. The van der Waals surface area contributed by atoms with Crippen LogP contribution >= 0.6 is 11.6 Å². The van der Waals surface area contributed by atoms with Gasteiger partial charge in [-0.2, -0.15) is 0 Å². The van der Waals surface area contributed by atoms with Crippen molar-refractivity contribution in [3.05, 3.63) is 29.0 Å². The zero-order chi connectivity index (χ0) is 11.7. The van der Waals surface area contributed by atoms with Gasteiger partial charge in [-0.05, 0) is 18.6 Å². The average Bonchev–Trinajstić information content (AvgIpc) is 2.60. The Kier molecular flexibility index (Phi) is 2.83. The van der Waals surface area contributed by atoms with Crippen molar-refractivity contribution in [3.8, 4) is 0 Å². The monoisotopic (exact) mass is 238 g/mol. The summed E-state index contributed by atoms with van der Waals surface area (Å²) in [4.78, 5) is 15.0. The van der Waals surface area contributed by atoms with Crippen molar-refractivity contribution < 1.29 is 9.90 Å². The Morgan fingerprint density at radius 3 is 2.94 bits per heavy atom. The van der Waals surface area contributed by atoms with Crippen molar-refractivity contribution in [2.75, 3.05) is 0 Å². The van der Waals surface area contributed by atoms with E-state index in [1.54, 1.807) is 12.4 Å². The Bertz CT molecular complexity index is 548. The van der Waals surface area contributed by atoms with E-state index in [9.17, 15) is 4.79 Å². The number of halogens is 1. The Morgan fingerprint density at radius 2 is 2.31 bits per heavy atom. The summed E-state index contributed by atoms with van der Waals surface area (Å²) in [5, 5.41) is 9.16. The lowest BCUT2D eigenvalue weighted by atomic mass is 10.2. The molecule has 0 aliphatic carbocycles. The lowest BCUT2D eigenvalue weighted by Gasteiger charge is -2.03. The fourth-order valence-corrected chi connectivity index (χ4v) is 1.90. The molecule has 0 saturated carbocycles. The smallest absolute Gasteiger partial charge is 0.337 e. The first kappa shape index (κ1) is 11.0. The maximum Gasteiger partial charge on any atom is 0.337 e. The summed E-state index contributed by atoms with van der Waals surface area (Å²) in [7, 11) is 0. The second-order valence-corrected chi connectivity index (χ2v) is 3.97. The summed E-state index contributed by atoms with van der Waals surface area (Å²) < 4.78 is 1.97. The molecule has 0 unspecified atom stereocenters. The Hall–Kier alpha value is -1.55. The SMILES string of the molecule is CCCn1cnc2cc(C(=O)O)c(Cl)cc21. The van der Waals surface area contributed by atoms with Crippen LogP contribution in [0.2, 0.25) is 5.02 Å². The molecule has 0 bridgehead atoms. The number of aryl methyl sites for hydroxylation is 1. The third kappa shape index (κ3) is 1.76. The number of carbonyl (C=O) groups is 1. The molecule has 0 amide bonds. The molecule has 84 valence electrons. The van der Waals surface area contributed by atoms with Crippen LogP contribution in [-0.4, -0.2) is 20.6 Å². The zero-order valence-electron chi connectivity index (χ0n) is 8.77. The molecule has 0 radical (unpaired) electrons. The molecule has 2 aromatic rings. The third-order valence-electron chi connectivity index (χ3n) is 2.40. The van der Waals surface area contributed by atoms with Gasteiger partial charge in [-0.1, -0.05) is 18.5 Å². The number of hydrogen-bond acceptors (Lipinski definition) is 2. The molecule has 0 saturated heterocycles. The summed E-state index contributed by atoms with van der Waals surface area (Å²) in [6.07, 6.45) is 2.69. The predicted octanol–water partition coefficient (Wildman–Crippen LogP) is 2.80. The highest BCUT2D eigenvalue weighted by Gasteiger charge is 2.12. The Morgan fingerprint density at radius 1 is 1.56 bits per heavy atom. The quantitative estimate of drug-likeness (QED) is 0.895. The van der Waals surface area contributed by atoms with Gasteiger partial charge in [-0.3, -0.25) is 0 Å². The van der Waals surface area contributed by atoms with Gasteiger partial charge >= 0.3 is 5.97 Å². The van der Waals surface area contributed by atoms with Crippen molar-refractivity contribution in [3.63, 3.8) is 0 Å². The van der Waals surface area contributed by atoms with E-state index in [0.29, 0.717) is 5.52 Å². The fraction of sp³-hybridized carbons (Fsp3) is 0.273. The molecule has 1 N–H and O–H groups in total. The summed E-state index contributed by atoms with van der Waals surface area (Å²) >= 11 is 5.91. The van der Waals surface area contributed by atoms with E-state index in [2.05, 4.69) is 11.9 Å². The first-order valence-corrected chi connectivity index (χ1v) is 5.39. The van der Waals surface area contributed by atoms with Gasteiger partial charge in [0.05, 0.1) is 27.9 Å². The molecule has 0 spiro atoms. The summed E-state index contributed by atoms with van der Waals surface area (Å²) in [5.41, 5.74) is 1.63. The maximum absolute atomic E-state index is 10.9. The minimum atomic E-state index is -1.03. The first-order valence-electron chi connectivity index (χ1n) is 5.01. The van der Waals surface area contributed by atoms with Gasteiger partial charge in [0.1, 0.15) is 0 Å². The van der Waals surface area contributed by atoms with Crippen molar-refractivity contribution >= 4 is 28.6 Å². The number of imidazole rings is 1. The Labute approximate surface area is 97.5 Å². The largest absolute Gasteiger partial charge is 0.478 e. The average molecular weight is 239 g/mol. The van der Waals surface area contributed by atoms with E-state index >= 15 is 0 Å². The van der Waals surface area contributed by atoms with Gasteiger partial charge in [-0.15, -0.1) is 0 Å². The molecule has 0 aliphatic heterocycles. The van der Waals surface area contributed by atoms with Gasteiger partial charge in [-0.25, -0.2) is 9.78 Å². The normalized spacial score (nSPS) is 10.9. The number of rotatable bonds is 3. The van der Waals surface area contributed by atoms with E-state index in [4.69, 9.17) is 16.7 Å². The van der Waals surface area contributed by atoms with Crippen LogP contribution in [0.25, 0.3) is 11.0 Å². The molecular weight excluding hydrogens is 228 g/mol. The second-order valence-electron chi connectivity index (χ2n) is 3.56. The van der Waals surface area contributed by atoms with Crippen molar-refractivity contribution in [2.24, 2.45) is 0 Å². The van der Waals surface area contributed by atoms with Gasteiger partial charge in [0.25, 0.3) is 0 Å². The molecule has 0 aliphatic rings. The molecule has 0 fully saturated rings. The van der Waals surface area contributed by atoms with Gasteiger partial charge in [0.2, 0.25) is 0 Å².